The predicted molar refractivity (Wildman–Crippen MR) is 173 cm³/mol. The van der Waals surface area contributed by atoms with Crippen LogP contribution in [0.2, 0.25) is 10.0 Å². The molecule has 0 bridgehead atoms. The second kappa shape index (κ2) is 14.5. The maximum absolute atomic E-state index is 13.7. The SMILES string of the molecule is COCCCC(=O)c1ccc(-c2ccc3nc(C(C(=O)NCCS(N)(=O)=O)S(=O)(=O)Cc4cc(Cl)cc(Cl)c4)sc3c2)cc1. The number of aromatic nitrogens is 1. The molecular weight excluding hydrogens is 669 g/mol. The molecule has 1 heterocycles. The van der Waals surface area contributed by atoms with Crippen LogP contribution in [0.5, 0.6) is 0 Å². The second-order valence-corrected chi connectivity index (χ2v) is 15.7. The Morgan fingerprint density at radius 2 is 1.64 bits per heavy atom. The van der Waals surface area contributed by atoms with Gasteiger partial charge in [-0.3, -0.25) is 9.59 Å². The van der Waals surface area contributed by atoms with Crippen molar-refractivity contribution in [1.82, 2.24) is 10.3 Å². The van der Waals surface area contributed by atoms with Crippen molar-refractivity contribution in [1.29, 1.82) is 0 Å². The molecule has 0 aliphatic carbocycles. The number of nitrogens with zero attached hydrogens (tertiary/aromatic N) is 1. The number of carbonyl (C=O) groups is 2. The molecule has 0 fully saturated rings. The van der Waals surface area contributed by atoms with Gasteiger partial charge in [-0.1, -0.05) is 53.5 Å². The molecule has 3 N–H and O–H groups in total. The number of hydrogen-bond acceptors (Lipinski definition) is 9. The van der Waals surface area contributed by atoms with Gasteiger partial charge in [-0.2, -0.15) is 0 Å². The van der Waals surface area contributed by atoms with Crippen LogP contribution in [0.25, 0.3) is 21.3 Å². The van der Waals surface area contributed by atoms with E-state index in [1.165, 1.54) is 18.2 Å². The Bertz CT molecular complexity index is 1870. The van der Waals surface area contributed by atoms with E-state index in [9.17, 15) is 26.4 Å². The summed E-state index contributed by atoms with van der Waals surface area (Å²) in [7, 11) is -6.57. The minimum Gasteiger partial charge on any atom is -0.385 e. The summed E-state index contributed by atoms with van der Waals surface area (Å²) in [6.45, 7) is 0.127. The summed E-state index contributed by atoms with van der Waals surface area (Å²) < 4.78 is 55.8. The number of rotatable bonds is 14. The summed E-state index contributed by atoms with van der Waals surface area (Å²) in [5, 5.41) is 6.12. The maximum Gasteiger partial charge on any atom is 0.245 e. The molecule has 1 amide bonds. The smallest absolute Gasteiger partial charge is 0.245 e. The van der Waals surface area contributed by atoms with E-state index in [1.54, 1.807) is 25.3 Å². The molecule has 3 aromatic carbocycles. The minimum absolute atomic E-state index is 0.00961. The zero-order valence-corrected chi connectivity index (χ0v) is 27.4. The first-order valence-electron chi connectivity index (χ1n) is 13.2. The van der Waals surface area contributed by atoms with Gasteiger partial charge in [0.25, 0.3) is 0 Å². The van der Waals surface area contributed by atoms with Gasteiger partial charge >= 0.3 is 0 Å². The lowest BCUT2D eigenvalue weighted by Crippen LogP contribution is -2.37. The Kier molecular flexibility index (Phi) is 11.2. The van der Waals surface area contributed by atoms with Crippen molar-refractivity contribution in [3.63, 3.8) is 0 Å². The number of amides is 1. The number of primary sulfonamides is 1. The zero-order valence-electron chi connectivity index (χ0n) is 23.5. The van der Waals surface area contributed by atoms with Gasteiger partial charge in [-0.25, -0.2) is 27.0 Å². The molecule has 234 valence electrons. The fourth-order valence-electron chi connectivity index (χ4n) is 4.45. The normalized spacial score (nSPS) is 12.7. The second-order valence-electron chi connectivity index (χ2n) is 9.95. The third-order valence-electron chi connectivity index (χ3n) is 6.50. The standard InChI is InChI=1S/C29H29Cl2N3O7S3/c1-41-11-2-3-25(35)20-6-4-19(5-7-20)21-8-9-24-26(15-21)42-29(34-24)27(28(36)33-10-12-44(32,39)40)43(37,38)17-18-13-22(30)16-23(31)14-18/h4-9,13-16,27H,2-3,10-12,17H2,1H3,(H,33,36)(H2,32,39,40). The first-order valence-corrected chi connectivity index (χ1v) is 18.2. The van der Waals surface area contributed by atoms with E-state index in [2.05, 4.69) is 10.3 Å². The van der Waals surface area contributed by atoms with E-state index >= 15 is 0 Å². The Morgan fingerprint density at radius 1 is 0.977 bits per heavy atom. The lowest BCUT2D eigenvalue weighted by molar-refractivity contribution is -0.120. The Morgan fingerprint density at radius 3 is 2.27 bits per heavy atom. The molecule has 0 saturated carbocycles. The van der Waals surface area contributed by atoms with E-state index in [1.807, 2.05) is 24.3 Å². The van der Waals surface area contributed by atoms with Crippen LogP contribution in [0.3, 0.4) is 0 Å². The Balaban J connectivity index is 1.65. The lowest BCUT2D eigenvalue weighted by atomic mass is 10.0. The maximum atomic E-state index is 13.7. The van der Waals surface area contributed by atoms with Crippen LogP contribution >= 0.6 is 34.5 Å². The molecule has 1 aromatic heterocycles. The molecular formula is C29H29Cl2N3O7S3. The van der Waals surface area contributed by atoms with Crippen molar-refractivity contribution < 1.29 is 31.2 Å². The van der Waals surface area contributed by atoms with Crippen molar-refractivity contribution in [3.05, 3.63) is 86.8 Å². The Labute approximate surface area is 269 Å². The molecule has 0 aliphatic rings. The van der Waals surface area contributed by atoms with Crippen LogP contribution in [-0.2, 0) is 35.1 Å². The van der Waals surface area contributed by atoms with Gasteiger partial charge in [0.05, 0.1) is 21.7 Å². The van der Waals surface area contributed by atoms with Gasteiger partial charge in [0.1, 0.15) is 5.01 Å². The van der Waals surface area contributed by atoms with Gasteiger partial charge < -0.3 is 10.1 Å². The predicted octanol–water partition coefficient (Wildman–Crippen LogP) is 4.94. The average Bonchev–Trinajstić information content (AvgIpc) is 3.34. The Hall–Kier alpha value is -2.91. The summed E-state index contributed by atoms with van der Waals surface area (Å²) in [4.78, 5) is 30.2. The molecule has 4 rings (SSSR count). The largest absolute Gasteiger partial charge is 0.385 e. The van der Waals surface area contributed by atoms with E-state index in [-0.39, 0.29) is 32.9 Å². The zero-order chi connectivity index (χ0) is 32.1. The number of benzene rings is 3. The number of ketones is 1. The monoisotopic (exact) mass is 697 g/mol. The van der Waals surface area contributed by atoms with Crippen LogP contribution in [0, 0.1) is 0 Å². The highest BCUT2D eigenvalue weighted by atomic mass is 35.5. The number of sulfone groups is 1. The number of nitrogens with one attached hydrogen (secondary N) is 1. The highest BCUT2D eigenvalue weighted by Crippen LogP contribution is 2.35. The number of nitrogens with two attached hydrogens (primary N) is 1. The number of fused-ring (bicyclic) bond motifs is 1. The lowest BCUT2D eigenvalue weighted by Gasteiger charge is -2.16. The number of halogens is 2. The fraction of sp³-hybridized carbons (Fsp3) is 0.276. The fourth-order valence-corrected chi connectivity index (χ4v) is 8.55. The molecule has 0 aliphatic heterocycles. The van der Waals surface area contributed by atoms with Crippen LogP contribution in [0.4, 0.5) is 0 Å². The summed E-state index contributed by atoms with van der Waals surface area (Å²) >= 11 is 13.2. The first-order chi connectivity index (χ1) is 20.8. The molecule has 10 nitrogen and oxygen atoms in total. The number of Topliss-reactive ketones (excluding diaryl/α,β-unsaturated/α-hetero) is 1. The average molecular weight is 699 g/mol. The van der Waals surface area contributed by atoms with Crippen molar-refractivity contribution in [2.24, 2.45) is 5.14 Å². The quantitative estimate of drug-likeness (QED) is 0.138. The summed E-state index contributed by atoms with van der Waals surface area (Å²) in [6.07, 6.45) is 1.02. The van der Waals surface area contributed by atoms with Crippen LogP contribution in [-0.4, -0.2) is 59.5 Å². The number of carbonyl (C=O) groups excluding carboxylic acids is 2. The number of ether oxygens (including phenoxy) is 1. The van der Waals surface area contributed by atoms with Crippen LogP contribution < -0.4 is 10.5 Å². The third kappa shape index (κ3) is 9.07. The number of sulfonamides is 1. The number of hydrogen-bond donors (Lipinski definition) is 2. The van der Waals surface area contributed by atoms with Gasteiger partial charge in [0.15, 0.2) is 20.9 Å². The van der Waals surface area contributed by atoms with Crippen molar-refractivity contribution in [2.45, 2.75) is 23.8 Å². The highest BCUT2D eigenvalue weighted by Gasteiger charge is 2.37. The summed E-state index contributed by atoms with van der Waals surface area (Å²) in [6, 6.07) is 16.8. The topological polar surface area (TPSA) is 163 Å². The minimum atomic E-state index is -4.26. The summed E-state index contributed by atoms with van der Waals surface area (Å²) in [5.74, 6) is -2.06. The van der Waals surface area contributed by atoms with Crippen molar-refractivity contribution >= 4 is 76.3 Å². The third-order valence-corrected chi connectivity index (χ3v) is 10.8. The van der Waals surface area contributed by atoms with Gasteiger partial charge in [0, 0.05) is 42.3 Å². The van der Waals surface area contributed by atoms with E-state index in [0.29, 0.717) is 35.2 Å². The number of thiazole rings is 1. The molecule has 44 heavy (non-hydrogen) atoms. The first kappa shape index (κ1) is 34.0. The van der Waals surface area contributed by atoms with Gasteiger partial charge in [-0.05, 0) is 53.4 Å². The molecule has 15 heteroatoms. The van der Waals surface area contributed by atoms with Crippen LogP contribution in [0.15, 0.2) is 60.7 Å². The van der Waals surface area contributed by atoms with Gasteiger partial charge in [-0.15, -0.1) is 11.3 Å². The van der Waals surface area contributed by atoms with E-state index < -0.39 is 42.5 Å². The molecule has 0 saturated heterocycles. The molecule has 4 aromatic rings. The molecule has 1 unspecified atom stereocenters. The van der Waals surface area contributed by atoms with Crippen molar-refractivity contribution in [3.8, 4) is 11.1 Å². The van der Waals surface area contributed by atoms with E-state index in [4.69, 9.17) is 33.1 Å². The highest BCUT2D eigenvalue weighted by molar-refractivity contribution is 7.91. The molecule has 0 spiro atoms. The van der Waals surface area contributed by atoms with Crippen LogP contribution in [0.1, 0.15) is 39.0 Å². The molecule has 1 atom stereocenters. The summed E-state index contributed by atoms with van der Waals surface area (Å²) in [5.41, 5.74) is 2.97. The van der Waals surface area contributed by atoms with E-state index in [0.717, 1.165) is 22.5 Å². The molecule has 0 radical (unpaired) electrons. The number of methoxy groups -OCH3 is 1. The van der Waals surface area contributed by atoms with Crippen molar-refractivity contribution in [2.75, 3.05) is 26.0 Å². The van der Waals surface area contributed by atoms with Gasteiger partial charge in [0.2, 0.25) is 15.9 Å².